The van der Waals surface area contributed by atoms with Gasteiger partial charge in [0.15, 0.2) is 0 Å². The van der Waals surface area contributed by atoms with E-state index in [9.17, 15) is 19.8 Å². The molecule has 142 valence electrons. The Morgan fingerprint density at radius 1 is 1.12 bits per heavy atom. The number of esters is 2. The molecule has 8 unspecified atom stereocenters. The van der Waals surface area contributed by atoms with Crippen molar-refractivity contribution in [2.45, 2.75) is 76.8 Å². The van der Waals surface area contributed by atoms with E-state index in [1.807, 2.05) is 20.8 Å². The summed E-state index contributed by atoms with van der Waals surface area (Å²) < 4.78 is 11.4. The van der Waals surface area contributed by atoms with Crippen molar-refractivity contribution in [1.29, 1.82) is 0 Å². The highest BCUT2D eigenvalue weighted by Gasteiger charge is 2.78. The van der Waals surface area contributed by atoms with Gasteiger partial charge in [-0.25, -0.2) is 0 Å². The summed E-state index contributed by atoms with van der Waals surface area (Å²) in [6.45, 7) is 5.79. The van der Waals surface area contributed by atoms with Crippen LogP contribution in [0.3, 0.4) is 0 Å². The fourth-order valence-electron chi connectivity index (χ4n) is 7.07. The van der Waals surface area contributed by atoms with Crippen LogP contribution in [0.5, 0.6) is 0 Å². The summed E-state index contributed by atoms with van der Waals surface area (Å²) in [5.74, 6) is -0.732. The SMILES string of the molecule is CC12CCCC3(C)C1C(C=C1C4OC(=O)CCC4(C)C(O)C13O)OC2=O. The second kappa shape index (κ2) is 4.53. The number of hydrogen-bond donors (Lipinski definition) is 2. The van der Waals surface area contributed by atoms with E-state index in [-0.39, 0.29) is 24.3 Å². The molecule has 0 aromatic carbocycles. The van der Waals surface area contributed by atoms with Crippen molar-refractivity contribution in [3.8, 4) is 0 Å². The van der Waals surface area contributed by atoms with E-state index in [0.717, 1.165) is 12.8 Å². The van der Waals surface area contributed by atoms with Gasteiger partial charge in [0, 0.05) is 28.7 Å². The standard InChI is InChI=1S/C20H26O6/c1-17-6-4-7-19(3)13(17)11(25-16(17)23)9-10-14-18(2,8-5-12(21)26-14)15(22)20(10,19)24/h9,11,13-15,22,24H,4-8H2,1-3H3. The first-order chi connectivity index (χ1) is 12.1. The van der Waals surface area contributed by atoms with Gasteiger partial charge in [0.1, 0.15) is 17.8 Å². The van der Waals surface area contributed by atoms with Gasteiger partial charge in [-0.05, 0) is 32.3 Å². The van der Waals surface area contributed by atoms with Crippen LogP contribution in [-0.2, 0) is 19.1 Å². The van der Waals surface area contributed by atoms with Crippen molar-refractivity contribution < 1.29 is 29.3 Å². The van der Waals surface area contributed by atoms with Crippen LogP contribution in [0.4, 0.5) is 0 Å². The molecule has 2 saturated carbocycles. The highest BCUT2D eigenvalue weighted by molar-refractivity contribution is 5.81. The van der Waals surface area contributed by atoms with Crippen molar-refractivity contribution in [2.24, 2.45) is 22.2 Å². The van der Waals surface area contributed by atoms with Gasteiger partial charge in [-0.3, -0.25) is 9.59 Å². The molecule has 0 radical (unpaired) electrons. The third-order valence-corrected chi connectivity index (χ3v) is 8.48. The summed E-state index contributed by atoms with van der Waals surface area (Å²) in [6.07, 6.45) is 2.53. The lowest BCUT2D eigenvalue weighted by Crippen LogP contribution is -2.65. The minimum Gasteiger partial charge on any atom is -0.457 e. The molecular weight excluding hydrogens is 336 g/mol. The molecule has 26 heavy (non-hydrogen) atoms. The second-order valence-corrected chi connectivity index (χ2v) is 9.70. The Labute approximate surface area is 152 Å². The van der Waals surface area contributed by atoms with Gasteiger partial charge < -0.3 is 19.7 Å². The Morgan fingerprint density at radius 3 is 2.58 bits per heavy atom. The third-order valence-electron chi connectivity index (χ3n) is 8.48. The summed E-state index contributed by atoms with van der Waals surface area (Å²) in [5.41, 5.74) is -3.08. The van der Waals surface area contributed by atoms with Crippen LogP contribution in [0.2, 0.25) is 0 Å². The lowest BCUT2D eigenvalue weighted by atomic mass is 9.46. The number of rotatable bonds is 0. The first-order valence-electron chi connectivity index (χ1n) is 9.62. The van der Waals surface area contributed by atoms with Crippen molar-refractivity contribution in [3.05, 3.63) is 11.6 Å². The molecule has 2 saturated heterocycles. The van der Waals surface area contributed by atoms with Crippen LogP contribution in [0.25, 0.3) is 0 Å². The molecule has 5 rings (SSSR count). The van der Waals surface area contributed by atoms with Crippen LogP contribution in [0.1, 0.15) is 52.9 Å². The van der Waals surface area contributed by atoms with Crippen LogP contribution in [0, 0.1) is 22.2 Å². The molecule has 5 aliphatic rings. The van der Waals surface area contributed by atoms with Gasteiger partial charge in [0.2, 0.25) is 0 Å². The van der Waals surface area contributed by atoms with E-state index in [1.54, 1.807) is 6.08 Å². The fourth-order valence-corrected chi connectivity index (χ4v) is 7.07. The maximum Gasteiger partial charge on any atom is 0.312 e. The summed E-state index contributed by atoms with van der Waals surface area (Å²) >= 11 is 0. The zero-order valence-electron chi connectivity index (χ0n) is 15.4. The summed E-state index contributed by atoms with van der Waals surface area (Å²) in [4.78, 5) is 24.6. The smallest absolute Gasteiger partial charge is 0.312 e. The number of carbonyl (C=O) groups excluding carboxylic acids is 2. The van der Waals surface area contributed by atoms with Crippen LogP contribution >= 0.6 is 0 Å². The van der Waals surface area contributed by atoms with Gasteiger partial charge in [0.25, 0.3) is 0 Å². The predicted octanol–water partition coefficient (Wildman–Crippen LogP) is 1.48. The minimum absolute atomic E-state index is 0.195. The molecule has 0 bridgehead atoms. The van der Waals surface area contributed by atoms with E-state index < -0.39 is 40.2 Å². The number of aliphatic hydroxyl groups excluding tert-OH is 1. The summed E-state index contributed by atoms with van der Waals surface area (Å²) in [5, 5.41) is 23.4. The van der Waals surface area contributed by atoms with Crippen LogP contribution in [0.15, 0.2) is 11.6 Å². The Morgan fingerprint density at radius 2 is 1.85 bits per heavy atom. The lowest BCUT2D eigenvalue weighted by molar-refractivity contribution is -0.199. The fraction of sp³-hybridized carbons (Fsp3) is 0.800. The maximum atomic E-state index is 12.6. The molecule has 2 N–H and O–H groups in total. The topological polar surface area (TPSA) is 93.1 Å². The molecule has 2 heterocycles. The molecule has 8 atom stereocenters. The Hall–Kier alpha value is -1.40. The lowest BCUT2D eigenvalue weighted by Gasteiger charge is -2.58. The number of ether oxygens (including phenoxy) is 2. The largest absolute Gasteiger partial charge is 0.457 e. The molecule has 6 heteroatoms. The Kier molecular flexibility index (Phi) is 2.92. The highest BCUT2D eigenvalue weighted by Crippen LogP contribution is 2.70. The zero-order valence-corrected chi connectivity index (χ0v) is 15.4. The highest BCUT2D eigenvalue weighted by atomic mass is 16.6. The summed E-state index contributed by atoms with van der Waals surface area (Å²) in [7, 11) is 0. The van der Waals surface area contributed by atoms with Crippen molar-refractivity contribution in [1.82, 2.24) is 0 Å². The van der Waals surface area contributed by atoms with E-state index in [1.165, 1.54) is 0 Å². The molecule has 0 amide bonds. The number of hydrogen-bond acceptors (Lipinski definition) is 6. The Balaban J connectivity index is 1.74. The van der Waals surface area contributed by atoms with Crippen molar-refractivity contribution in [2.75, 3.05) is 0 Å². The van der Waals surface area contributed by atoms with Crippen LogP contribution < -0.4 is 0 Å². The van der Waals surface area contributed by atoms with Gasteiger partial charge in [-0.2, -0.15) is 0 Å². The molecule has 0 aromatic rings. The number of fused-ring (bicyclic) bond motifs is 4. The number of carbonyl (C=O) groups is 2. The monoisotopic (exact) mass is 362 g/mol. The molecule has 4 fully saturated rings. The number of aliphatic hydroxyl groups is 2. The average Bonchev–Trinajstić information content (AvgIpc) is 2.93. The van der Waals surface area contributed by atoms with Gasteiger partial charge in [-0.1, -0.05) is 20.3 Å². The second-order valence-electron chi connectivity index (χ2n) is 9.70. The Bertz CT molecular complexity index is 759. The van der Waals surface area contributed by atoms with Crippen molar-refractivity contribution in [3.63, 3.8) is 0 Å². The first-order valence-corrected chi connectivity index (χ1v) is 9.62. The van der Waals surface area contributed by atoms with E-state index in [2.05, 4.69) is 0 Å². The molecule has 0 spiro atoms. The summed E-state index contributed by atoms with van der Waals surface area (Å²) in [6, 6.07) is 0. The van der Waals surface area contributed by atoms with E-state index >= 15 is 0 Å². The molecule has 0 aromatic heterocycles. The van der Waals surface area contributed by atoms with E-state index in [4.69, 9.17) is 9.47 Å². The quantitative estimate of drug-likeness (QED) is 0.501. The maximum absolute atomic E-state index is 12.6. The van der Waals surface area contributed by atoms with Crippen LogP contribution in [-0.4, -0.2) is 46.1 Å². The van der Waals surface area contributed by atoms with Crippen molar-refractivity contribution >= 4 is 11.9 Å². The van der Waals surface area contributed by atoms with E-state index in [0.29, 0.717) is 18.4 Å². The first kappa shape index (κ1) is 16.8. The van der Waals surface area contributed by atoms with Gasteiger partial charge in [-0.15, -0.1) is 0 Å². The normalized spacial score (nSPS) is 57.5. The molecular formula is C20H26O6. The minimum atomic E-state index is -1.52. The molecule has 2 aliphatic heterocycles. The third kappa shape index (κ3) is 1.51. The molecule has 3 aliphatic carbocycles. The predicted molar refractivity (Wildman–Crippen MR) is 89.7 cm³/mol. The zero-order chi connectivity index (χ0) is 18.7. The van der Waals surface area contributed by atoms with Gasteiger partial charge >= 0.3 is 11.9 Å². The molecule has 6 nitrogen and oxygen atoms in total. The average molecular weight is 362 g/mol. The van der Waals surface area contributed by atoms with Gasteiger partial charge in [0.05, 0.1) is 11.5 Å².